The molecule has 0 fully saturated rings. The minimum Gasteiger partial charge on any atom is -0.408 e. The number of aromatic nitrogens is 2. The summed E-state index contributed by atoms with van der Waals surface area (Å²) in [6, 6.07) is 4.79. The maximum atomic E-state index is 12.7. The van der Waals surface area contributed by atoms with E-state index in [4.69, 9.17) is 10.2 Å². The van der Waals surface area contributed by atoms with Gasteiger partial charge in [0.25, 0.3) is 0 Å². The maximum Gasteiger partial charge on any atom is 0.417 e. The van der Waals surface area contributed by atoms with Crippen molar-refractivity contribution in [3.63, 3.8) is 0 Å². The Morgan fingerprint density at radius 3 is 2.81 bits per heavy atom. The first-order chi connectivity index (χ1) is 14.7. The summed E-state index contributed by atoms with van der Waals surface area (Å²) < 4.78 is 43.3. The lowest BCUT2D eigenvalue weighted by Gasteiger charge is -2.21. The highest BCUT2D eigenvalue weighted by molar-refractivity contribution is 7.15. The molecule has 0 saturated carbocycles. The van der Waals surface area contributed by atoms with Crippen molar-refractivity contribution < 1.29 is 17.6 Å². The number of nitrogens with two attached hydrogens (primary N) is 1. The van der Waals surface area contributed by atoms with Gasteiger partial charge in [-0.3, -0.25) is 4.98 Å². The summed E-state index contributed by atoms with van der Waals surface area (Å²) in [6.45, 7) is 2.31. The van der Waals surface area contributed by atoms with Crippen LogP contribution in [0, 0.1) is 0 Å². The van der Waals surface area contributed by atoms with E-state index in [-0.39, 0.29) is 17.9 Å². The molecule has 1 unspecified atom stereocenters. The second-order valence-electron chi connectivity index (χ2n) is 7.53. The second-order valence-corrected chi connectivity index (χ2v) is 8.59. The van der Waals surface area contributed by atoms with E-state index >= 15 is 0 Å². The highest BCUT2D eigenvalue weighted by Gasteiger charge is 2.30. The van der Waals surface area contributed by atoms with Crippen molar-refractivity contribution >= 4 is 28.6 Å². The fraction of sp³-hybridized carbons (Fsp3) is 0.333. The average Bonchev–Trinajstić information content (AvgIpc) is 3.35. The van der Waals surface area contributed by atoms with Crippen LogP contribution in [0.15, 0.2) is 39.7 Å². The third kappa shape index (κ3) is 4.75. The van der Waals surface area contributed by atoms with Crippen LogP contribution in [0.5, 0.6) is 0 Å². The zero-order valence-electron chi connectivity index (χ0n) is 16.6. The van der Waals surface area contributed by atoms with Gasteiger partial charge in [0.2, 0.25) is 0 Å². The average molecular weight is 450 g/mol. The molecule has 6 nitrogen and oxygen atoms in total. The van der Waals surface area contributed by atoms with Gasteiger partial charge in [0.05, 0.1) is 10.9 Å². The molecule has 0 amide bonds. The number of halogens is 3. The summed E-state index contributed by atoms with van der Waals surface area (Å²) in [6.07, 6.45) is 2.00. The fourth-order valence-electron chi connectivity index (χ4n) is 3.47. The topological polar surface area (TPSA) is 96.9 Å². The highest BCUT2D eigenvalue weighted by Crippen LogP contribution is 2.32. The van der Waals surface area contributed by atoms with Gasteiger partial charge in [-0.25, -0.2) is 9.78 Å². The van der Waals surface area contributed by atoms with Crippen molar-refractivity contribution in [3.8, 4) is 0 Å². The Labute approximate surface area is 179 Å². The molecule has 2 aromatic heterocycles. The Morgan fingerprint density at radius 1 is 1.35 bits per heavy atom. The minimum absolute atomic E-state index is 0.0687. The summed E-state index contributed by atoms with van der Waals surface area (Å²) in [5.41, 5.74) is 6.88. The van der Waals surface area contributed by atoms with Gasteiger partial charge < -0.3 is 15.5 Å². The zero-order chi connectivity index (χ0) is 22.2. The number of hydrogen-bond donors (Lipinski definition) is 3. The first kappa shape index (κ1) is 21.4. The van der Waals surface area contributed by atoms with Gasteiger partial charge in [-0.05, 0) is 36.1 Å². The number of benzene rings is 1. The van der Waals surface area contributed by atoms with E-state index in [0.29, 0.717) is 22.4 Å². The number of rotatable bonds is 6. The molecule has 2 heterocycles. The number of H-pyrrole nitrogens is 1. The van der Waals surface area contributed by atoms with E-state index in [2.05, 4.69) is 15.3 Å². The second kappa shape index (κ2) is 8.35. The highest BCUT2D eigenvalue weighted by atomic mass is 32.1. The van der Waals surface area contributed by atoms with Gasteiger partial charge in [-0.15, -0.1) is 11.3 Å². The molecule has 3 atom stereocenters. The molecule has 1 aromatic carbocycles. The van der Waals surface area contributed by atoms with Crippen molar-refractivity contribution in [2.45, 2.75) is 37.4 Å². The number of thiazole rings is 1. The van der Waals surface area contributed by atoms with E-state index in [1.807, 2.05) is 19.1 Å². The standard InChI is InChI=1S/C21H21F3N4O2S/c1-11(12-2-5-14(6-3-12)21(22,23)24)15(25)9-26-19-27-10-18(31-19)13-4-7-16-17(8-13)30-20(29)28-16/h2-3,5-8,10-11,13,15H,4,9,25H2,1H3,(H,26,27)(H,28,29)/t11-,13?,15+/m0/s1. The lowest BCUT2D eigenvalue weighted by molar-refractivity contribution is -0.137. The van der Waals surface area contributed by atoms with Gasteiger partial charge in [-0.2, -0.15) is 13.2 Å². The first-order valence-corrected chi connectivity index (χ1v) is 10.6. The Balaban J connectivity index is 1.37. The van der Waals surface area contributed by atoms with Crippen LogP contribution in [0.2, 0.25) is 0 Å². The zero-order valence-corrected chi connectivity index (χ0v) is 17.4. The summed E-state index contributed by atoms with van der Waals surface area (Å²) in [7, 11) is 0. The molecule has 10 heteroatoms. The molecule has 4 rings (SSSR count). The fourth-order valence-corrected chi connectivity index (χ4v) is 4.37. The van der Waals surface area contributed by atoms with Crippen molar-refractivity contribution in [2.24, 2.45) is 5.73 Å². The van der Waals surface area contributed by atoms with Gasteiger partial charge in [0, 0.05) is 29.6 Å². The summed E-state index contributed by atoms with van der Waals surface area (Å²) in [5.74, 6) is -0.536. The smallest absolute Gasteiger partial charge is 0.408 e. The molecule has 0 radical (unpaired) electrons. The number of nitrogens with one attached hydrogen (secondary N) is 2. The quantitative estimate of drug-likeness (QED) is 0.537. The number of hydrogen-bond acceptors (Lipinski definition) is 6. The number of alkyl halides is 3. The van der Waals surface area contributed by atoms with Crippen molar-refractivity contribution in [1.82, 2.24) is 9.97 Å². The van der Waals surface area contributed by atoms with Crippen LogP contribution < -0.4 is 27.6 Å². The largest absolute Gasteiger partial charge is 0.417 e. The Morgan fingerprint density at radius 2 is 2.10 bits per heavy atom. The van der Waals surface area contributed by atoms with Crippen molar-refractivity contribution in [1.29, 1.82) is 0 Å². The van der Waals surface area contributed by atoms with Gasteiger partial charge in [0.1, 0.15) is 0 Å². The monoisotopic (exact) mass is 450 g/mol. The van der Waals surface area contributed by atoms with Crippen molar-refractivity contribution in [3.05, 3.63) is 67.8 Å². The van der Waals surface area contributed by atoms with Crippen LogP contribution in [0.4, 0.5) is 18.3 Å². The first-order valence-electron chi connectivity index (χ1n) is 9.74. The Bertz CT molecular complexity index is 1230. The Hall–Kier alpha value is -2.85. The molecule has 0 bridgehead atoms. The maximum absolute atomic E-state index is 12.7. The van der Waals surface area contributed by atoms with Crippen LogP contribution in [0.25, 0.3) is 12.2 Å². The van der Waals surface area contributed by atoms with Gasteiger partial charge in [-0.1, -0.05) is 25.1 Å². The van der Waals surface area contributed by atoms with E-state index in [1.54, 1.807) is 6.20 Å². The summed E-state index contributed by atoms with van der Waals surface area (Å²) >= 11 is 1.49. The third-order valence-electron chi connectivity index (χ3n) is 5.42. The van der Waals surface area contributed by atoms with Gasteiger partial charge in [0.15, 0.2) is 10.5 Å². The van der Waals surface area contributed by atoms with E-state index in [9.17, 15) is 18.0 Å². The molecule has 4 N–H and O–H groups in total. The predicted molar refractivity (Wildman–Crippen MR) is 113 cm³/mol. The van der Waals surface area contributed by atoms with Crippen LogP contribution >= 0.6 is 11.3 Å². The van der Waals surface area contributed by atoms with Crippen molar-refractivity contribution in [2.75, 3.05) is 11.9 Å². The molecule has 0 saturated heterocycles. The van der Waals surface area contributed by atoms with Crippen LogP contribution in [-0.4, -0.2) is 22.6 Å². The molecule has 31 heavy (non-hydrogen) atoms. The summed E-state index contributed by atoms with van der Waals surface area (Å²) in [5, 5.41) is 4.62. The van der Waals surface area contributed by atoms with E-state index < -0.39 is 17.5 Å². The van der Waals surface area contributed by atoms with Crippen LogP contribution in [0.3, 0.4) is 0 Å². The molecule has 0 aliphatic heterocycles. The molecule has 3 aromatic rings. The molecular weight excluding hydrogens is 429 g/mol. The third-order valence-corrected chi connectivity index (χ3v) is 6.50. The van der Waals surface area contributed by atoms with Crippen LogP contribution in [0.1, 0.15) is 41.2 Å². The Kier molecular flexibility index (Phi) is 5.76. The molecular formula is C21H21F3N4O2S. The number of fused-ring (bicyclic) bond motifs is 1. The number of aromatic amines is 1. The predicted octanol–water partition coefficient (Wildman–Crippen LogP) is 2.73. The number of oxazole rings is 1. The normalized spacial score (nSPS) is 17.9. The van der Waals surface area contributed by atoms with Gasteiger partial charge >= 0.3 is 11.9 Å². The number of anilines is 1. The minimum atomic E-state index is -4.35. The van der Waals surface area contributed by atoms with E-state index in [0.717, 1.165) is 29.0 Å². The lowest BCUT2D eigenvalue weighted by Crippen LogP contribution is -2.34. The number of nitrogens with zero attached hydrogens (tertiary/aromatic N) is 1. The SMILES string of the molecule is C[C@@H](c1ccc(C(F)(F)F)cc1)[C@H](N)CNc1ncc(C2C=c3oc(=O)[nH]c3=CC2)s1. The lowest BCUT2D eigenvalue weighted by atomic mass is 9.93. The molecule has 1 aliphatic carbocycles. The summed E-state index contributed by atoms with van der Waals surface area (Å²) in [4.78, 5) is 19.4. The molecule has 1 aliphatic rings. The van der Waals surface area contributed by atoms with Crippen LogP contribution in [-0.2, 0) is 6.18 Å². The molecule has 0 spiro atoms. The molecule has 164 valence electrons. The van der Waals surface area contributed by atoms with E-state index in [1.165, 1.54) is 23.5 Å².